The predicted octanol–water partition coefficient (Wildman–Crippen LogP) is 1.85. The lowest BCUT2D eigenvalue weighted by Crippen LogP contribution is -2.45. The molecule has 0 bridgehead atoms. The summed E-state index contributed by atoms with van der Waals surface area (Å²) in [6.45, 7) is 4.11. The lowest BCUT2D eigenvalue weighted by atomic mass is 10.1. The van der Waals surface area contributed by atoms with Crippen molar-refractivity contribution in [2.75, 3.05) is 38.6 Å². The third-order valence-corrected chi connectivity index (χ3v) is 5.60. The van der Waals surface area contributed by atoms with Crippen LogP contribution in [0, 0.1) is 18.4 Å². The van der Waals surface area contributed by atoms with Crippen LogP contribution in [0.2, 0.25) is 0 Å². The van der Waals surface area contributed by atoms with E-state index in [1.54, 1.807) is 12.0 Å². The second-order valence-corrected chi connectivity index (χ2v) is 7.90. The smallest absolute Gasteiger partial charge is 0.247 e. The quantitative estimate of drug-likeness (QED) is 0.322. The van der Waals surface area contributed by atoms with Crippen molar-refractivity contribution in [3.63, 3.8) is 0 Å². The number of carbonyl (C=O) groups excluding carboxylic acids is 2. The SMILES string of the molecule is COc1ccc(C)cc1NC(=NC1CCCCN(CC(=O)N2CCCC2)C1=O)NC#N. The molecule has 2 amide bonds. The van der Waals surface area contributed by atoms with Gasteiger partial charge in [0.15, 0.2) is 6.19 Å². The summed E-state index contributed by atoms with van der Waals surface area (Å²) in [5.74, 6) is 0.592. The Labute approximate surface area is 183 Å². The first-order chi connectivity index (χ1) is 15.0. The van der Waals surface area contributed by atoms with Crippen LogP contribution in [-0.4, -0.2) is 66.9 Å². The fraction of sp³-hybridized carbons (Fsp3) is 0.545. The van der Waals surface area contributed by atoms with E-state index in [4.69, 9.17) is 4.74 Å². The average Bonchev–Trinajstić information content (AvgIpc) is 3.24. The Kier molecular flexibility index (Phi) is 7.70. The largest absolute Gasteiger partial charge is 0.495 e. The number of hydrogen-bond donors (Lipinski definition) is 2. The molecular formula is C22H30N6O3. The van der Waals surface area contributed by atoms with Gasteiger partial charge in [0.05, 0.1) is 19.3 Å². The highest BCUT2D eigenvalue weighted by atomic mass is 16.5. The third-order valence-electron chi connectivity index (χ3n) is 5.60. The fourth-order valence-corrected chi connectivity index (χ4v) is 3.94. The van der Waals surface area contributed by atoms with Crippen LogP contribution >= 0.6 is 0 Å². The molecule has 166 valence electrons. The number of ether oxygens (including phenoxy) is 1. The summed E-state index contributed by atoms with van der Waals surface area (Å²) in [5.41, 5.74) is 1.66. The van der Waals surface area contributed by atoms with Crippen LogP contribution in [0.1, 0.15) is 37.7 Å². The van der Waals surface area contributed by atoms with E-state index in [0.29, 0.717) is 24.4 Å². The number of anilines is 1. The second kappa shape index (κ2) is 10.7. The van der Waals surface area contributed by atoms with Crippen LogP contribution in [0.25, 0.3) is 0 Å². The van der Waals surface area contributed by atoms with E-state index in [2.05, 4.69) is 15.6 Å². The number of rotatable bonds is 5. The number of guanidine groups is 1. The van der Waals surface area contributed by atoms with Crippen LogP contribution in [0.5, 0.6) is 5.75 Å². The maximum Gasteiger partial charge on any atom is 0.247 e. The molecule has 0 spiro atoms. The topological polar surface area (TPSA) is 110 Å². The summed E-state index contributed by atoms with van der Waals surface area (Å²) >= 11 is 0. The molecule has 1 atom stereocenters. The zero-order valence-electron chi connectivity index (χ0n) is 18.2. The minimum absolute atomic E-state index is 0.00604. The number of aryl methyl sites for hydroxylation is 1. The molecule has 0 radical (unpaired) electrons. The number of nitrogens with one attached hydrogen (secondary N) is 2. The number of likely N-dealkylation sites (tertiary alicyclic amines) is 2. The molecule has 0 aromatic heterocycles. The van der Waals surface area contributed by atoms with Crippen molar-refractivity contribution in [1.29, 1.82) is 5.26 Å². The highest BCUT2D eigenvalue weighted by Crippen LogP contribution is 2.25. The minimum Gasteiger partial charge on any atom is -0.495 e. The Balaban J connectivity index is 1.77. The third kappa shape index (κ3) is 5.87. The molecule has 2 saturated heterocycles. The molecule has 9 heteroatoms. The minimum atomic E-state index is -0.659. The maximum atomic E-state index is 13.2. The molecule has 2 fully saturated rings. The highest BCUT2D eigenvalue weighted by molar-refractivity contribution is 5.98. The number of aliphatic imine (C=N–C) groups is 1. The fourth-order valence-electron chi connectivity index (χ4n) is 3.94. The zero-order chi connectivity index (χ0) is 22.2. The van der Waals surface area contributed by atoms with Gasteiger partial charge in [-0.05, 0) is 56.7 Å². The molecule has 3 rings (SSSR count). The monoisotopic (exact) mass is 426 g/mol. The number of amides is 2. The van der Waals surface area contributed by atoms with Crippen LogP contribution in [-0.2, 0) is 9.59 Å². The second-order valence-electron chi connectivity index (χ2n) is 7.90. The number of nitriles is 1. The number of benzene rings is 1. The summed E-state index contributed by atoms with van der Waals surface area (Å²) in [6, 6.07) is 4.96. The molecular weight excluding hydrogens is 396 g/mol. The summed E-state index contributed by atoms with van der Waals surface area (Å²) in [6.07, 6.45) is 6.12. The number of nitrogens with zero attached hydrogens (tertiary/aromatic N) is 4. The van der Waals surface area contributed by atoms with Crippen LogP contribution < -0.4 is 15.4 Å². The Hall–Kier alpha value is -3.28. The van der Waals surface area contributed by atoms with E-state index in [9.17, 15) is 14.9 Å². The van der Waals surface area contributed by atoms with Gasteiger partial charge in [-0.2, -0.15) is 5.26 Å². The number of methoxy groups -OCH3 is 1. The first-order valence-electron chi connectivity index (χ1n) is 10.7. The highest BCUT2D eigenvalue weighted by Gasteiger charge is 2.30. The van der Waals surface area contributed by atoms with Crippen molar-refractivity contribution < 1.29 is 14.3 Å². The van der Waals surface area contributed by atoms with Gasteiger partial charge in [0.25, 0.3) is 0 Å². The van der Waals surface area contributed by atoms with E-state index in [1.807, 2.05) is 36.2 Å². The van der Waals surface area contributed by atoms with Gasteiger partial charge < -0.3 is 19.9 Å². The Morgan fingerprint density at radius 2 is 2.00 bits per heavy atom. The van der Waals surface area contributed by atoms with Crippen molar-refractivity contribution in [2.24, 2.45) is 4.99 Å². The van der Waals surface area contributed by atoms with E-state index in [0.717, 1.165) is 44.3 Å². The van der Waals surface area contributed by atoms with E-state index < -0.39 is 6.04 Å². The number of hydrogen-bond acceptors (Lipinski definition) is 5. The van der Waals surface area contributed by atoms with Crippen molar-refractivity contribution in [3.05, 3.63) is 23.8 Å². The van der Waals surface area contributed by atoms with Crippen LogP contribution in [0.3, 0.4) is 0 Å². The molecule has 2 heterocycles. The molecule has 0 aliphatic carbocycles. The van der Waals surface area contributed by atoms with Gasteiger partial charge in [-0.15, -0.1) is 0 Å². The Bertz CT molecular complexity index is 872. The molecule has 0 saturated carbocycles. The van der Waals surface area contributed by atoms with Gasteiger partial charge in [-0.3, -0.25) is 14.9 Å². The summed E-state index contributed by atoms with van der Waals surface area (Å²) in [4.78, 5) is 33.7. The van der Waals surface area contributed by atoms with Gasteiger partial charge in [0, 0.05) is 19.6 Å². The summed E-state index contributed by atoms with van der Waals surface area (Å²) < 4.78 is 5.37. The zero-order valence-corrected chi connectivity index (χ0v) is 18.2. The van der Waals surface area contributed by atoms with Gasteiger partial charge in [0.1, 0.15) is 11.8 Å². The molecule has 2 N–H and O–H groups in total. The molecule has 2 aliphatic rings. The first kappa shape index (κ1) is 22.4. The van der Waals surface area contributed by atoms with E-state index >= 15 is 0 Å². The maximum absolute atomic E-state index is 13.2. The van der Waals surface area contributed by atoms with E-state index in [1.165, 1.54) is 0 Å². The van der Waals surface area contributed by atoms with Gasteiger partial charge in [-0.25, -0.2) is 4.99 Å². The first-order valence-corrected chi connectivity index (χ1v) is 10.7. The van der Waals surface area contributed by atoms with E-state index in [-0.39, 0.29) is 24.3 Å². The van der Waals surface area contributed by atoms with Gasteiger partial charge in [-0.1, -0.05) is 6.07 Å². The normalized spacial score (nSPS) is 19.6. The van der Waals surface area contributed by atoms with Crippen molar-refractivity contribution >= 4 is 23.5 Å². The van der Waals surface area contributed by atoms with Crippen LogP contribution in [0.15, 0.2) is 23.2 Å². The summed E-state index contributed by atoms with van der Waals surface area (Å²) in [7, 11) is 1.56. The van der Waals surface area contributed by atoms with Crippen molar-refractivity contribution in [3.8, 4) is 11.9 Å². The molecule has 2 aliphatic heterocycles. The predicted molar refractivity (Wildman–Crippen MR) is 118 cm³/mol. The molecule has 1 aromatic carbocycles. The van der Waals surface area contributed by atoms with Crippen LogP contribution in [0.4, 0.5) is 5.69 Å². The molecule has 1 unspecified atom stereocenters. The Morgan fingerprint density at radius 1 is 1.26 bits per heavy atom. The molecule has 9 nitrogen and oxygen atoms in total. The van der Waals surface area contributed by atoms with Gasteiger partial charge >= 0.3 is 0 Å². The van der Waals surface area contributed by atoms with Gasteiger partial charge in [0.2, 0.25) is 17.8 Å². The average molecular weight is 427 g/mol. The lowest BCUT2D eigenvalue weighted by Gasteiger charge is -2.25. The molecule has 1 aromatic rings. The summed E-state index contributed by atoms with van der Waals surface area (Å²) in [5, 5.41) is 14.8. The molecule has 31 heavy (non-hydrogen) atoms. The van der Waals surface area contributed by atoms with Crippen molar-refractivity contribution in [2.45, 2.75) is 45.1 Å². The number of carbonyl (C=O) groups is 2. The van der Waals surface area contributed by atoms with Crippen molar-refractivity contribution in [1.82, 2.24) is 15.1 Å². The lowest BCUT2D eigenvalue weighted by molar-refractivity contribution is -0.140. The standard InChI is InChI=1S/C22H30N6O3/c1-16-8-9-19(31-2)18(13-16)26-22(24-15-23)25-17-7-3-4-12-28(21(17)30)14-20(29)27-10-5-6-11-27/h8-9,13,17H,3-7,10-12,14H2,1-2H3,(H2,24,25,26). The Morgan fingerprint density at radius 3 is 2.71 bits per heavy atom.